The Balaban J connectivity index is 1.23. The molecule has 0 radical (unpaired) electrons. The molecule has 3 aromatic heterocycles. The molecule has 4 aromatic rings. The Labute approximate surface area is 189 Å². The van der Waals surface area contributed by atoms with Crippen molar-refractivity contribution in [2.75, 3.05) is 31.5 Å². The third-order valence-corrected chi connectivity index (χ3v) is 7.14. The molecular weight excluding hydrogens is 420 g/mol. The van der Waals surface area contributed by atoms with Gasteiger partial charge in [-0.2, -0.15) is 0 Å². The highest BCUT2D eigenvalue weighted by Crippen LogP contribution is 2.31. The van der Waals surface area contributed by atoms with Crippen LogP contribution < -0.4 is 5.32 Å². The molecule has 162 valence electrons. The predicted molar refractivity (Wildman–Crippen MR) is 129 cm³/mol. The number of urea groups is 1. The molecule has 0 bridgehead atoms. The van der Waals surface area contributed by atoms with Crippen molar-refractivity contribution in [1.82, 2.24) is 24.8 Å². The number of H-pyrrole nitrogens is 1. The van der Waals surface area contributed by atoms with Crippen LogP contribution in [0.25, 0.3) is 26.8 Å². The predicted octanol–water partition coefficient (Wildman–Crippen LogP) is 5.22. The topological polar surface area (TPSA) is 77.1 Å². The van der Waals surface area contributed by atoms with Crippen molar-refractivity contribution in [1.29, 1.82) is 0 Å². The second kappa shape index (κ2) is 7.94. The van der Waals surface area contributed by atoms with E-state index >= 15 is 0 Å². The summed E-state index contributed by atoms with van der Waals surface area (Å²) in [6.45, 7) is 3.20. The summed E-state index contributed by atoms with van der Waals surface area (Å²) in [6.07, 6.45) is 7.08. The molecule has 8 heteroatoms. The molecule has 2 aliphatic heterocycles. The normalized spacial score (nSPS) is 16.7. The van der Waals surface area contributed by atoms with E-state index in [9.17, 15) is 4.79 Å². The largest absolute Gasteiger partial charge is 0.355 e. The summed E-state index contributed by atoms with van der Waals surface area (Å²) in [5.74, 6) is 0. The lowest BCUT2D eigenvalue weighted by Crippen LogP contribution is -2.43. The average Bonchev–Trinajstić information content (AvgIpc) is 3.59. The quantitative estimate of drug-likeness (QED) is 0.454. The number of pyridine rings is 1. The zero-order valence-electron chi connectivity index (χ0n) is 17.7. The Morgan fingerprint density at radius 2 is 1.97 bits per heavy atom. The molecule has 1 aromatic carbocycles. The first-order valence-corrected chi connectivity index (χ1v) is 11.9. The monoisotopic (exact) mass is 444 g/mol. The number of aromatic nitrogens is 3. The number of hydrogen-bond donors (Lipinski definition) is 2. The molecule has 2 N–H and O–H groups in total. The standard InChI is InChI=1S/C24H24N6OS/c31-24(29-9-1-2-10-29)30-11-6-16(7-12-30)21-14-18-19(5-8-25-23(18)28-21)27-17-3-4-20-22(13-17)32-15-26-20/h3-6,8,13-15H,1-2,7,9-12H2,(H2,25,27,28). The van der Waals surface area contributed by atoms with E-state index < -0.39 is 0 Å². The fraction of sp³-hybridized carbons (Fsp3) is 0.292. The van der Waals surface area contributed by atoms with Gasteiger partial charge < -0.3 is 20.1 Å². The van der Waals surface area contributed by atoms with Crippen LogP contribution in [-0.2, 0) is 0 Å². The minimum Gasteiger partial charge on any atom is -0.355 e. The molecule has 0 atom stereocenters. The van der Waals surface area contributed by atoms with E-state index in [0.717, 1.165) is 77.2 Å². The maximum Gasteiger partial charge on any atom is 0.320 e. The number of rotatable bonds is 3. The SMILES string of the molecule is O=C(N1CC=C(c2cc3c(Nc4ccc5ncsc5c4)ccnc3[nH]2)CC1)N1CCCC1. The number of amides is 2. The molecule has 7 nitrogen and oxygen atoms in total. The Kier molecular flexibility index (Phi) is 4.79. The maximum absolute atomic E-state index is 12.7. The van der Waals surface area contributed by atoms with E-state index in [4.69, 9.17) is 0 Å². The summed E-state index contributed by atoms with van der Waals surface area (Å²) >= 11 is 1.64. The van der Waals surface area contributed by atoms with Crippen molar-refractivity contribution in [3.05, 3.63) is 53.8 Å². The van der Waals surface area contributed by atoms with E-state index in [2.05, 4.69) is 44.5 Å². The maximum atomic E-state index is 12.7. The highest BCUT2D eigenvalue weighted by Gasteiger charge is 2.25. The van der Waals surface area contributed by atoms with Gasteiger partial charge in [-0.05, 0) is 55.2 Å². The van der Waals surface area contributed by atoms with E-state index in [1.54, 1.807) is 11.3 Å². The molecule has 1 saturated heterocycles. The number of thiazole rings is 1. The van der Waals surface area contributed by atoms with Gasteiger partial charge in [0.05, 0.1) is 21.4 Å². The van der Waals surface area contributed by atoms with Crippen molar-refractivity contribution >= 4 is 55.6 Å². The zero-order valence-corrected chi connectivity index (χ0v) is 18.5. The summed E-state index contributed by atoms with van der Waals surface area (Å²) in [6, 6.07) is 10.6. The molecule has 0 spiro atoms. The number of aromatic amines is 1. The van der Waals surface area contributed by atoms with Crippen LogP contribution in [0.1, 0.15) is 25.0 Å². The van der Waals surface area contributed by atoms with Crippen LogP contribution >= 0.6 is 11.3 Å². The van der Waals surface area contributed by atoms with Gasteiger partial charge >= 0.3 is 6.03 Å². The third-order valence-electron chi connectivity index (χ3n) is 6.34. The number of carbonyl (C=O) groups is 1. The van der Waals surface area contributed by atoms with Crippen LogP contribution in [0.5, 0.6) is 0 Å². The van der Waals surface area contributed by atoms with Crippen LogP contribution in [0.2, 0.25) is 0 Å². The first kappa shape index (κ1) is 19.3. The number of nitrogens with one attached hydrogen (secondary N) is 2. The average molecular weight is 445 g/mol. The minimum atomic E-state index is 0.181. The number of hydrogen-bond acceptors (Lipinski definition) is 5. The Morgan fingerprint density at radius 1 is 1.06 bits per heavy atom. The van der Waals surface area contributed by atoms with Crippen LogP contribution in [-0.4, -0.2) is 57.0 Å². The first-order chi connectivity index (χ1) is 15.7. The summed E-state index contributed by atoms with van der Waals surface area (Å²) < 4.78 is 1.16. The lowest BCUT2D eigenvalue weighted by molar-refractivity contribution is 0.167. The lowest BCUT2D eigenvalue weighted by Gasteiger charge is -2.30. The Hall–Kier alpha value is -3.39. The number of nitrogens with zero attached hydrogens (tertiary/aromatic N) is 4. The number of anilines is 2. The smallest absolute Gasteiger partial charge is 0.320 e. The van der Waals surface area contributed by atoms with Gasteiger partial charge in [-0.3, -0.25) is 0 Å². The second-order valence-corrected chi connectivity index (χ2v) is 9.25. The first-order valence-electron chi connectivity index (χ1n) is 11.1. The summed E-state index contributed by atoms with van der Waals surface area (Å²) in [5, 5.41) is 4.60. The molecule has 6 rings (SSSR count). The van der Waals surface area contributed by atoms with Gasteiger partial charge in [0.25, 0.3) is 0 Å². The lowest BCUT2D eigenvalue weighted by atomic mass is 10.0. The summed E-state index contributed by atoms with van der Waals surface area (Å²) in [7, 11) is 0. The molecule has 1 fully saturated rings. The van der Waals surface area contributed by atoms with Crippen molar-refractivity contribution in [3.63, 3.8) is 0 Å². The molecule has 32 heavy (non-hydrogen) atoms. The molecule has 0 saturated carbocycles. The highest BCUT2D eigenvalue weighted by atomic mass is 32.1. The number of carbonyl (C=O) groups excluding carboxylic acids is 1. The Bertz CT molecular complexity index is 1330. The summed E-state index contributed by atoms with van der Waals surface area (Å²) in [4.78, 5) is 29.0. The van der Waals surface area contributed by atoms with Gasteiger partial charge in [0.15, 0.2) is 0 Å². The minimum absolute atomic E-state index is 0.181. The van der Waals surface area contributed by atoms with Gasteiger partial charge in [0, 0.05) is 49.1 Å². The number of benzene rings is 1. The van der Waals surface area contributed by atoms with Gasteiger partial charge in [-0.15, -0.1) is 11.3 Å². The van der Waals surface area contributed by atoms with Gasteiger partial charge in [-0.25, -0.2) is 14.8 Å². The van der Waals surface area contributed by atoms with Gasteiger partial charge in [-0.1, -0.05) is 6.08 Å². The van der Waals surface area contributed by atoms with Crippen molar-refractivity contribution in [2.24, 2.45) is 0 Å². The second-order valence-electron chi connectivity index (χ2n) is 8.37. The molecule has 0 aliphatic carbocycles. The zero-order chi connectivity index (χ0) is 21.5. The molecule has 2 aliphatic rings. The van der Waals surface area contributed by atoms with Gasteiger partial charge in [0.1, 0.15) is 5.65 Å². The van der Waals surface area contributed by atoms with Crippen molar-refractivity contribution < 1.29 is 4.79 Å². The molecule has 5 heterocycles. The van der Waals surface area contributed by atoms with E-state index in [1.165, 1.54) is 5.57 Å². The van der Waals surface area contributed by atoms with Gasteiger partial charge in [0.2, 0.25) is 0 Å². The van der Waals surface area contributed by atoms with Crippen LogP contribution in [0.15, 0.2) is 48.1 Å². The Morgan fingerprint density at radius 3 is 2.81 bits per heavy atom. The van der Waals surface area contributed by atoms with Crippen molar-refractivity contribution in [2.45, 2.75) is 19.3 Å². The molecule has 0 unspecified atom stereocenters. The van der Waals surface area contributed by atoms with E-state index in [-0.39, 0.29) is 6.03 Å². The van der Waals surface area contributed by atoms with Crippen molar-refractivity contribution in [3.8, 4) is 0 Å². The number of fused-ring (bicyclic) bond motifs is 2. The van der Waals surface area contributed by atoms with Crippen LogP contribution in [0.3, 0.4) is 0 Å². The van der Waals surface area contributed by atoms with E-state index in [0.29, 0.717) is 6.54 Å². The highest BCUT2D eigenvalue weighted by molar-refractivity contribution is 7.16. The summed E-state index contributed by atoms with van der Waals surface area (Å²) in [5.41, 5.74) is 8.12. The molecular formula is C24H24N6OS. The van der Waals surface area contributed by atoms with E-state index in [1.807, 2.05) is 33.6 Å². The van der Waals surface area contributed by atoms with Crippen LogP contribution in [0, 0.1) is 0 Å². The third kappa shape index (κ3) is 3.50. The number of likely N-dealkylation sites (tertiary alicyclic amines) is 1. The van der Waals surface area contributed by atoms with Crippen LogP contribution in [0.4, 0.5) is 16.2 Å². The molecule has 2 amide bonds. The fourth-order valence-corrected chi connectivity index (χ4v) is 5.31. The fourth-order valence-electron chi connectivity index (χ4n) is 4.59.